The normalized spacial score (nSPS) is 13.3. The summed E-state index contributed by atoms with van der Waals surface area (Å²) in [7, 11) is 0. The third kappa shape index (κ3) is 50.3. The fourth-order valence-electron chi connectivity index (χ4n) is 6.25. The lowest BCUT2D eigenvalue weighted by molar-refractivity contribution is -0.167. The van der Waals surface area contributed by atoms with Crippen LogP contribution in [-0.4, -0.2) is 37.2 Å². The second-order valence-electron chi connectivity index (χ2n) is 16.3. The molecule has 1 unspecified atom stereocenters. The molecule has 66 heavy (non-hydrogen) atoms. The molecule has 0 bridgehead atoms. The first-order chi connectivity index (χ1) is 32.5. The lowest BCUT2D eigenvalue weighted by Gasteiger charge is -2.18. The predicted octanol–water partition coefficient (Wildman–Crippen LogP) is 17.3. The highest BCUT2D eigenvalue weighted by Crippen LogP contribution is 2.10. The first kappa shape index (κ1) is 61.3. The van der Waals surface area contributed by atoms with Gasteiger partial charge in [0.05, 0.1) is 0 Å². The van der Waals surface area contributed by atoms with Crippen molar-refractivity contribution in [2.75, 3.05) is 13.2 Å². The van der Waals surface area contributed by atoms with E-state index in [-0.39, 0.29) is 38.0 Å². The summed E-state index contributed by atoms with van der Waals surface area (Å²) in [6.45, 7) is 6.24. The van der Waals surface area contributed by atoms with Gasteiger partial charge in [-0.1, -0.05) is 192 Å². The monoisotopic (exact) mass is 909 g/mol. The fraction of sp³-hybridized carbons (Fsp3) is 0.550. The van der Waals surface area contributed by atoms with Crippen LogP contribution >= 0.6 is 0 Å². The summed E-state index contributed by atoms with van der Waals surface area (Å²) in [5.41, 5.74) is 0. The van der Waals surface area contributed by atoms with Crippen LogP contribution in [0.15, 0.2) is 146 Å². The molecule has 0 radical (unpaired) electrons. The van der Waals surface area contributed by atoms with Gasteiger partial charge in [-0.2, -0.15) is 0 Å². The van der Waals surface area contributed by atoms with Gasteiger partial charge in [-0.15, -0.1) is 0 Å². The second kappa shape index (κ2) is 52.9. The summed E-state index contributed by atoms with van der Waals surface area (Å²) in [6.07, 6.45) is 75.5. The number of hydrogen-bond donors (Lipinski definition) is 0. The van der Waals surface area contributed by atoms with Crippen molar-refractivity contribution in [3.63, 3.8) is 0 Å². The summed E-state index contributed by atoms with van der Waals surface area (Å²) >= 11 is 0. The van der Waals surface area contributed by atoms with E-state index in [2.05, 4.69) is 167 Å². The SMILES string of the molecule is CC/C=C\C/C=C\C/C=C\C/C=C\C/C=C\CCCC(=O)OCC(COC(=O)CCCCCC/C=C\C/C=C\C/C=C\CC)OC(=O)CCC/C=C\C/C=C\C/C=C\C/C=C\CCCCC. The van der Waals surface area contributed by atoms with Gasteiger partial charge in [-0.25, -0.2) is 0 Å². The van der Waals surface area contributed by atoms with Crippen LogP contribution in [0.4, 0.5) is 0 Å². The zero-order valence-corrected chi connectivity index (χ0v) is 41.9. The molecule has 0 heterocycles. The van der Waals surface area contributed by atoms with Gasteiger partial charge in [0.15, 0.2) is 6.10 Å². The highest BCUT2D eigenvalue weighted by Gasteiger charge is 2.19. The molecule has 0 aromatic heterocycles. The van der Waals surface area contributed by atoms with Gasteiger partial charge in [0.25, 0.3) is 0 Å². The number of allylic oxidation sites excluding steroid dienone is 24. The minimum atomic E-state index is -0.845. The minimum Gasteiger partial charge on any atom is -0.462 e. The van der Waals surface area contributed by atoms with Crippen LogP contribution in [0.2, 0.25) is 0 Å². The Labute approximate surface area is 404 Å². The molecule has 0 rings (SSSR count). The van der Waals surface area contributed by atoms with Crippen LogP contribution in [-0.2, 0) is 28.6 Å². The van der Waals surface area contributed by atoms with Crippen LogP contribution in [0.5, 0.6) is 0 Å². The van der Waals surface area contributed by atoms with Crippen molar-refractivity contribution >= 4 is 17.9 Å². The highest BCUT2D eigenvalue weighted by molar-refractivity contribution is 5.71. The molecule has 0 N–H and O–H groups in total. The van der Waals surface area contributed by atoms with Crippen molar-refractivity contribution in [1.29, 1.82) is 0 Å². The molecule has 0 aliphatic rings. The number of ether oxygens (including phenoxy) is 3. The van der Waals surface area contributed by atoms with E-state index in [4.69, 9.17) is 14.2 Å². The maximum absolute atomic E-state index is 12.8. The van der Waals surface area contributed by atoms with Gasteiger partial charge in [0.1, 0.15) is 13.2 Å². The van der Waals surface area contributed by atoms with Gasteiger partial charge in [-0.3, -0.25) is 14.4 Å². The number of carbonyl (C=O) groups is 3. The van der Waals surface area contributed by atoms with Crippen molar-refractivity contribution < 1.29 is 28.6 Å². The molecular formula is C60H92O6. The first-order valence-electron chi connectivity index (χ1n) is 25.8. The molecule has 0 aliphatic heterocycles. The Morgan fingerprint density at radius 1 is 0.318 bits per heavy atom. The fourth-order valence-corrected chi connectivity index (χ4v) is 6.25. The maximum atomic E-state index is 12.8. The van der Waals surface area contributed by atoms with E-state index >= 15 is 0 Å². The van der Waals surface area contributed by atoms with E-state index in [1.165, 1.54) is 25.7 Å². The Morgan fingerprint density at radius 2 is 0.606 bits per heavy atom. The lowest BCUT2D eigenvalue weighted by atomic mass is 10.1. The largest absolute Gasteiger partial charge is 0.462 e. The van der Waals surface area contributed by atoms with Gasteiger partial charge in [0.2, 0.25) is 0 Å². The zero-order valence-electron chi connectivity index (χ0n) is 41.9. The molecule has 0 aliphatic carbocycles. The standard InChI is InChI=1S/C60H92O6/c1-4-7-10-13-16-19-22-25-28-30-32-35-38-41-44-47-50-53-59(62)65-56-57(55-64-58(61)52-49-46-43-40-37-34-27-24-21-18-15-12-9-6-3)66-60(63)54-51-48-45-42-39-36-33-31-29-26-23-20-17-14-11-8-5-2/h7,9-10,12,16-21,25-29,32-36,41-42,44-45,57H,4-6,8,11,13-15,22-24,30-31,37-40,43,46-56H2,1-3H3/b10-7-,12-9-,19-16-,20-17-,21-18-,28-25-,29-26-,34-27-,35-32-,36-33-,44-41-,45-42-. The lowest BCUT2D eigenvalue weighted by Crippen LogP contribution is -2.30. The molecule has 0 spiro atoms. The zero-order chi connectivity index (χ0) is 47.9. The average molecular weight is 909 g/mol. The van der Waals surface area contributed by atoms with E-state index in [9.17, 15) is 14.4 Å². The molecule has 368 valence electrons. The van der Waals surface area contributed by atoms with E-state index < -0.39 is 12.1 Å². The number of unbranched alkanes of at least 4 members (excludes halogenated alkanes) is 9. The Morgan fingerprint density at radius 3 is 0.970 bits per heavy atom. The Kier molecular flexibility index (Phi) is 49.1. The summed E-state index contributed by atoms with van der Waals surface area (Å²) in [5.74, 6) is -1.09. The number of hydrogen-bond acceptors (Lipinski definition) is 6. The molecule has 1 atom stereocenters. The van der Waals surface area contributed by atoms with Crippen molar-refractivity contribution in [3.05, 3.63) is 146 Å². The molecule has 0 fully saturated rings. The van der Waals surface area contributed by atoms with Gasteiger partial charge in [-0.05, 0) is 128 Å². The van der Waals surface area contributed by atoms with Crippen LogP contribution in [0, 0.1) is 0 Å². The Bertz CT molecular complexity index is 1510. The number of esters is 3. The summed E-state index contributed by atoms with van der Waals surface area (Å²) in [4.78, 5) is 38.0. The molecule has 0 saturated carbocycles. The third-order valence-electron chi connectivity index (χ3n) is 10.1. The molecule has 6 heteroatoms. The van der Waals surface area contributed by atoms with Crippen LogP contribution < -0.4 is 0 Å². The molecule has 0 saturated heterocycles. The molecule has 0 aromatic carbocycles. The average Bonchev–Trinajstić information content (AvgIpc) is 3.31. The van der Waals surface area contributed by atoms with Crippen LogP contribution in [0.25, 0.3) is 0 Å². The Hall–Kier alpha value is -4.71. The van der Waals surface area contributed by atoms with E-state index in [1.54, 1.807) is 0 Å². The Balaban J connectivity index is 4.64. The summed E-state index contributed by atoms with van der Waals surface area (Å²) < 4.78 is 16.7. The molecular weight excluding hydrogens is 817 g/mol. The molecule has 6 nitrogen and oxygen atoms in total. The van der Waals surface area contributed by atoms with Crippen molar-refractivity contribution in [3.8, 4) is 0 Å². The van der Waals surface area contributed by atoms with E-state index in [0.29, 0.717) is 19.3 Å². The van der Waals surface area contributed by atoms with Crippen LogP contribution in [0.1, 0.15) is 194 Å². The maximum Gasteiger partial charge on any atom is 0.306 e. The number of carbonyl (C=O) groups excluding carboxylic acids is 3. The third-order valence-corrected chi connectivity index (χ3v) is 10.1. The van der Waals surface area contributed by atoms with Crippen molar-refractivity contribution in [2.24, 2.45) is 0 Å². The first-order valence-corrected chi connectivity index (χ1v) is 25.8. The quantitative estimate of drug-likeness (QED) is 0.0262. The molecule has 0 amide bonds. The highest BCUT2D eigenvalue weighted by atomic mass is 16.6. The predicted molar refractivity (Wildman–Crippen MR) is 283 cm³/mol. The molecule has 0 aromatic rings. The summed E-state index contributed by atoms with van der Waals surface area (Å²) in [6, 6.07) is 0. The van der Waals surface area contributed by atoms with Crippen LogP contribution in [0.3, 0.4) is 0 Å². The smallest absolute Gasteiger partial charge is 0.306 e. The topological polar surface area (TPSA) is 78.9 Å². The van der Waals surface area contributed by atoms with Crippen molar-refractivity contribution in [2.45, 2.75) is 200 Å². The van der Waals surface area contributed by atoms with Gasteiger partial charge in [0, 0.05) is 19.3 Å². The van der Waals surface area contributed by atoms with Crippen molar-refractivity contribution in [1.82, 2.24) is 0 Å². The summed E-state index contributed by atoms with van der Waals surface area (Å²) in [5, 5.41) is 0. The van der Waals surface area contributed by atoms with E-state index in [0.717, 1.165) is 116 Å². The van der Waals surface area contributed by atoms with Gasteiger partial charge >= 0.3 is 17.9 Å². The second-order valence-corrected chi connectivity index (χ2v) is 16.3. The number of rotatable bonds is 44. The van der Waals surface area contributed by atoms with Gasteiger partial charge < -0.3 is 14.2 Å². The minimum absolute atomic E-state index is 0.136. The van der Waals surface area contributed by atoms with E-state index in [1.807, 2.05) is 0 Å².